The third-order valence-electron chi connectivity index (χ3n) is 16.7. The Kier molecular flexibility index (Phi) is 8.18. The first-order valence-electron chi connectivity index (χ1n) is 25.6. The van der Waals surface area contributed by atoms with Gasteiger partial charge in [-0.05, 0) is 103 Å². The van der Waals surface area contributed by atoms with E-state index in [2.05, 4.69) is 241 Å². The third kappa shape index (κ3) is 5.60. The molecular weight excluding hydrogens is 876 g/mol. The Hall–Kier alpha value is -8.02. The minimum absolute atomic E-state index is 0.00558. The molecule has 0 bridgehead atoms. The van der Waals surface area contributed by atoms with Crippen LogP contribution in [0, 0.1) is 0 Å². The Morgan fingerprint density at radius 2 is 1.07 bits per heavy atom. The lowest BCUT2D eigenvalue weighted by atomic mass is 9.44. The van der Waals surface area contributed by atoms with Gasteiger partial charge in [0.15, 0.2) is 0 Å². The van der Waals surface area contributed by atoms with Gasteiger partial charge in [0, 0.05) is 77.6 Å². The summed E-state index contributed by atoms with van der Waals surface area (Å²) in [7, 11) is 0. The zero-order chi connectivity index (χ0) is 48.7. The quantitative estimate of drug-likeness (QED) is 0.166. The van der Waals surface area contributed by atoms with Gasteiger partial charge in [0.25, 0.3) is 0 Å². The average molecular weight is 929 g/mol. The highest BCUT2D eigenvalue weighted by Crippen LogP contribution is 2.53. The zero-order valence-corrected chi connectivity index (χ0v) is 42.0. The fourth-order valence-electron chi connectivity index (χ4n) is 13.0. The van der Waals surface area contributed by atoms with Crippen molar-refractivity contribution in [2.75, 3.05) is 4.81 Å². The van der Waals surface area contributed by atoms with Gasteiger partial charge in [-0.15, -0.1) is 0 Å². The van der Waals surface area contributed by atoms with Gasteiger partial charge in [-0.3, -0.25) is 0 Å². The van der Waals surface area contributed by atoms with Crippen LogP contribution in [0.4, 0.5) is 11.4 Å². The Balaban J connectivity index is 1.11. The summed E-state index contributed by atoms with van der Waals surface area (Å²) in [5, 5.41) is 7.00. The summed E-state index contributed by atoms with van der Waals surface area (Å²) >= 11 is 0. The number of fused-ring (bicyclic) bond motifs is 15. The Morgan fingerprint density at radius 3 is 1.78 bits per heavy atom. The van der Waals surface area contributed by atoms with Gasteiger partial charge in [0.05, 0.1) is 11.0 Å². The highest BCUT2D eigenvalue weighted by Gasteiger charge is 2.46. The molecule has 3 aromatic heterocycles. The van der Waals surface area contributed by atoms with Crippen LogP contribution in [0.2, 0.25) is 0 Å². The van der Waals surface area contributed by atoms with E-state index in [1.807, 2.05) is 0 Å². The molecule has 5 heteroatoms. The molecule has 1 aliphatic carbocycles. The molecule has 0 N–H and O–H groups in total. The molecule has 4 nitrogen and oxygen atoms in total. The minimum Gasteiger partial charge on any atom is -0.456 e. The first-order chi connectivity index (χ1) is 34.7. The van der Waals surface area contributed by atoms with Crippen molar-refractivity contribution >= 4 is 83.7 Å². The molecule has 0 saturated heterocycles. The molecule has 9 aromatic carbocycles. The summed E-state index contributed by atoms with van der Waals surface area (Å²) in [4.78, 5) is 2.63. The maximum absolute atomic E-state index is 7.19. The SMILES string of the molecule is CC(C)(C)c1ccc(N2B3c4cc5c(-c6ccccc6)oc(-c6ccccc6)c5cc4-n4c5cc6c(cc5c5ccc(c3c54)-c3cc4c(cc32)oc2cc(C(C)(C)C)ccc24)-c2ccccc2C6(C)C)cc1. The van der Waals surface area contributed by atoms with Crippen molar-refractivity contribution in [3.05, 3.63) is 198 Å². The molecule has 72 heavy (non-hydrogen) atoms. The van der Waals surface area contributed by atoms with Gasteiger partial charge in [-0.25, -0.2) is 0 Å². The molecule has 2 aliphatic heterocycles. The predicted molar refractivity (Wildman–Crippen MR) is 303 cm³/mol. The summed E-state index contributed by atoms with van der Waals surface area (Å²) in [5.74, 6) is 1.75. The van der Waals surface area contributed by atoms with Gasteiger partial charge in [-0.1, -0.05) is 183 Å². The number of anilines is 2. The number of nitrogens with zero attached hydrogens (tertiary/aromatic N) is 2. The Bertz CT molecular complexity index is 4310. The molecule has 0 amide bonds. The van der Waals surface area contributed by atoms with Crippen molar-refractivity contribution in [3.8, 4) is 50.6 Å². The second kappa shape index (κ2) is 14.1. The lowest BCUT2D eigenvalue weighted by molar-refractivity contribution is 0.587. The van der Waals surface area contributed by atoms with E-state index in [0.717, 1.165) is 66.7 Å². The van der Waals surface area contributed by atoms with Crippen molar-refractivity contribution in [1.82, 2.24) is 4.57 Å². The third-order valence-corrected chi connectivity index (χ3v) is 16.7. The van der Waals surface area contributed by atoms with Crippen LogP contribution in [0.25, 0.3) is 105 Å². The summed E-state index contributed by atoms with van der Waals surface area (Å²) < 4.78 is 16.8. The van der Waals surface area contributed by atoms with Gasteiger partial charge >= 0.3 is 6.85 Å². The molecule has 0 saturated carbocycles. The van der Waals surface area contributed by atoms with Gasteiger partial charge < -0.3 is 18.2 Å². The molecular formula is C67H53BN2O2. The number of rotatable bonds is 3. The number of aromatic nitrogens is 1. The van der Waals surface area contributed by atoms with Crippen LogP contribution in [0.3, 0.4) is 0 Å². The molecule has 0 spiro atoms. The molecule has 3 aliphatic rings. The second-order valence-electron chi connectivity index (χ2n) is 23.3. The van der Waals surface area contributed by atoms with Crippen molar-refractivity contribution in [2.24, 2.45) is 0 Å². The summed E-state index contributed by atoms with van der Waals surface area (Å²) in [6, 6.07) is 66.0. The van der Waals surface area contributed by atoms with Crippen LogP contribution in [0.15, 0.2) is 185 Å². The maximum atomic E-state index is 7.19. The van der Waals surface area contributed by atoms with Crippen LogP contribution >= 0.6 is 0 Å². The minimum atomic E-state index is -0.204. The topological polar surface area (TPSA) is 34.5 Å². The highest BCUT2D eigenvalue weighted by molar-refractivity contribution is 6.94. The van der Waals surface area contributed by atoms with Crippen LogP contribution in [-0.2, 0) is 16.2 Å². The maximum Gasteiger partial charge on any atom is 0.333 e. The van der Waals surface area contributed by atoms with Crippen molar-refractivity contribution < 1.29 is 8.83 Å². The van der Waals surface area contributed by atoms with E-state index in [1.54, 1.807) is 0 Å². The smallest absolute Gasteiger partial charge is 0.333 e. The zero-order valence-electron chi connectivity index (χ0n) is 42.0. The Labute approximate surface area is 420 Å². The largest absolute Gasteiger partial charge is 0.456 e. The first-order valence-corrected chi connectivity index (χ1v) is 25.6. The predicted octanol–water partition coefficient (Wildman–Crippen LogP) is 16.9. The normalized spacial score (nSPS) is 14.4. The highest BCUT2D eigenvalue weighted by atomic mass is 16.3. The number of benzene rings is 9. The number of hydrogen-bond acceptors (Lipinski definition) is 3. The summed E-state index contributed by atoms with van der Waals surface area (Å²) in [6.45, 7) is 18.3. The lowest BCUT2D eigenvalue weighted by Gasteiger charge is -2.42. The van der Waals surface area contributed by atoms with Crippen LogP contribution in [0.5, 0.6) is 0 Å². The Morgan fingerprint density at radius 1 is 0.444 bits per heavy atom. The summed E-state index contributed by atoms with van der Waals surface area (Å²) in [5.41, 5.74) is 22.6. The molecule has 15 rings (SSSR count). The van der Waals surface area contributed by atoms with Gasteiger partial charge in [-0.2, -0.15) is 0 Å². The van der Waals surface area contributed by atoms with E-state index in [4.69, 9.17) is 8.83 Å². The monoisotopic (exact) mass is 928 g/mol. The van der Waals surface area contributed by atoms with E-state index in [1.165, 1.54) is 82.9 Å². The molecule has 0 atom stereocenters. The van der Waals surface area contributed by atoms with E-state index in [-0.39, 0.29) is 23.1 Å². The second-order valence-corrected chi connectivity index (χ2v) is 23.3. The van der Waals surface area contributed by atoms with Gasteiger partial charge in [0.2, 0.25) is 0 Å². The molecule has 0 fully saturated rings. The van der Waals surface area contributed by atoms with E-state index < -0.39 is 0 Å². The van der Waals surface area contributed by atoms with Crippen LogP contribution < -0.4 is 15.7 Å². The standard InChI is InChI=1S/C67H53BN2O2/c1-65(2,3)40-23-26-42(27-24-40)70-57-37-60-50(44-28-25-41(66(4,5)6)31-59(44)71-60)33-48(57)45-29-30-46-49-32-47-43-21-15-16-22-53(43)67(7,8)54(47)36-56(49)69-58-35-52-51(34-55(58)68(70)61(45)62(46)69)63(38-17-11-9-12-18-38)72-64(52)39-19-13-10-14-20-39/h9-37H,1-8H3. The lowest BCUT2D eigenvalue weighted by Crippen LogP contribution is -2.60. The fraction of sp³-hybridized carbons (Fsp3) is 0.164. The fourth-order valence-corrected chi connectivity index (χ4v) is 13.0. The molecule has 346 valence electrons. The van der Waals surface area contributed by atoms with Crippen LogP contribution in [-0.4, -0.2) is 11.4 Å². The van der Waals surface area contributed by atoms with E-state index in [9.17, 15) is 0 Å². The van der Waals surface area contributed by atoms with Crippen molar-refractivity contribution in [1.29, 1.82) is 0 Å². The average Bonchev–Trinajstić information content (AvgIpc) is 4.11. The number of hydrogen-bond donors (Lipinski definition) is 0. The van der Waals surface area contributed by atoms with Gasteiger partial charge in [0.1, 0.15) is 22.7 Å². The molecule has 5 heterocycles. The van der Waals surface area contributed by atoms with Crippen molar-refractivity contribution in [2.45, 2.75) is 71.6 Å². The van der Waals surface area contributed by atoms with Crippen LogP contribution in [0.1, 0.15) is 77.6 Å². The van der Waals surface area contributed by atoms with E-state index in [0.29, 0.717) is 0 Å². The summed E-state index contributed by atoms with van der Waals surface area (Å²) in [6.07, 6.45) is 0. The van der Waals surface area contributed by atoms with Crippen molar-refractivity contribution in [3.63, 3.8) is 0 Å². The molecule has 0 radical (unpaired) electrons. The molecule has 0 unspecified atom stereocenters. The molecule has 12 aromatic rings. The first kappa shape index (κ1) is 41.7. The van der Waals surface area contributed by atoms with E-state index >= 15 is 0 Å². The number of furan rings is 2.